The molecule has 0 unspecified atom stereocenters. The molecule has 0 atom stereocenters. The van der Waals surface area contributed by atoms with Crippen LogP contribution in [0.25, 0.3) is 0 Å². The Balaban J connectivity index is 1.27. The van der Waals surface area contributed by atoms with E-state index in [9.17, 15) is 4.79 Å². The summed E-state index contributed by atoms with van der Waals surface area (Å²) in [5.41, 5.74) is 1.82. The van der Waals surface area contributed by atoms with Crippen LogP contribution < -0.4 is 10.2 Å². The molecule has 1 fully saturated rings. The minimum absolute atomic E-state index is 0.123. The number of unbranched alkanes of at least 4 members (excludes halogenated alkanes) is 2. The molecule has 0 saturated carbocycles. The predicted molar refractivity (Wildman–Crippen MR) is 118 cm³/mol. The lowest BCUT2D eigenvalue weighted by Crippen LogP contribution is -2.35. The molecule has 0 aliphatic carbocycles. The van der Waals surface area contributed by atoms with Crippen LogP contribution in [0.1, 0.15) is 36.1 Å². The third kappa shape index (κ3) is 7.52. The minimum atomic E-state index is -0.123. The SMILES string of the molecule is N#Cc1ccc(CSCCCCCOc2coc(CN3CCOCC3)cc2=O)cc1. The average molecular weight is 429 g/mol. The Hall–Kier alpha value is -2.27. The molecule has 2 heterocycles. The Morgan fingerprint density at radius 3 is 2.67 bits per heavy atom. The van der Waals surface area contributed by atoms with Crippen LogP contribution in [-0.4, -0.2) is 43.6 Å². The van der Waals surface area contributed by atoms with Gasteiger partial charge in [-0.15, -0.1) is 0 Å². The summed E-state index contributed by atoms with van der Waals surface area (Å²) in [5.74, 6) is 2.99. The van der Waals surface area contributed by atoms with E-state index in [1.54, 1.807) is 0 Å². The third-order valence-corrected chi connectivity index (χ3v) is 5.99. The Labute approximate surface area is 181 Å². The van der Waals surface area contributed by atoms with E-state index in [0.29, 0.717) is 24.5 Å². The molecule has 7 heteroatoms. The normalized spacial score (nSPS) is 14.4. The highest BCUT2D eigenvalue weighted by Gasteiger charge is 2.13. The monoisotopic (exact) mass is 428 g/mol. The van der Waals surface area contributed by atoms with Crippen LogP contribution in [0.15, 0.2) is 45.8 Å². The second-order valence-corrected chi connectivity index (χ2v) is 8.34. The number of nitriles is 1. The molecule has 0 amide bonds. The Kier molecular flexibility index (Phi) is 9.29. The number of rotatable bonds is 11. The maximum atomic E-state index is 12.2. The molecule has 1 aromatic carbocycles. The van der Waals surface area contributed by atoms with Crippen LogP contribution in [0.3, 0.4) is 0 Å². The molecule has 1 aliphatic rings. The molecule has 0 spiro atoms. The highest BCUT2D eigenvalue weighted by Crippen LogP contribution is 2.15. The molecule has 1 aromatic heterocycles. The zero-order valence-corrected chi connectivity index (χ0v) is 18.0. The molecular formula is C23H28N2O4S. The molecule has 160 valence electrons. The van der Waals surface area contributed by atoms with Gasteiger partial charge in [-0.1, -0.05) is 12.1 Å². The van der Waals surface area contributed by atoms with E-state index >= 15 is 0 Å². The van der Waals surface area contributed by atoms with E-state index in [0.717, 1.165) is 57.1 Å². The van der Waals surface area contributed by atoms with Crippen LogP contribution in [0.2, 0.25) is 0 Å². The van der Waals surface area contributed by atoms with Crippen molar-refractivity contribution < 1.29 is 13.9 Å². The molecule has 0 N–H and O–H groups in total. The summed E-state index contributed by atoms with van der Waals surface area (Å²) < 4.78 is 16.5. The van der Waals surface area contributed by atoms with Crippen molar-refractivity contribution in [2.24, 2.45) is 0 Å². The van der Waals surface area contributed by atoms with Crippen molar-refractivity contribution in [1.29, 1.82) is 5.26 Å². The van der Waals surface area contributed by atoms with E-state index in [-0.39, 0.29) is 11.2 Å². The van der Waals surface area contributed by atoms with Crippen LogP contribution >= 0.6 is 11.8 Å². The molecular weight excluding hydrogens is 400 g/mol. The first-order chi connectivity index (χ1) is 14.7. The number of hydrogen-bond acceptors (Lipinski definition) is 7. The van der Waals surface area contributed by atoms with Crippen LogP contribution in [0.4, 0.5) is 0 Å². The molecule has 2 aromatic rings. The van der Waals surface area contributed by atoms with Gasteiger partial charge in [0.1, 0.15) is 12.0 Å². The zero-order chi connectivity index (χ0) is 21.0. The van der Waals surface area contributed by atoms with Gasteiger partial charge in [-0.25, -0.2) is 0 Å². The van der Waals surface area contributed by atoms with Crippen molar-refractivity contribution in [3.63, 3.8) is 0 Å². The molecule has 0 radical (unpaired) electrons. The highest BCUT2D eigenvalue weighted by atomic mass is 32.2. The van der Waals surface area contributed by atoms with Crippen LogP contribution in [0.5, 0.6) is 5.75 Å². The Morgan fingerprint density at radius 1 is 1.13 bits per heavy atom. The number of thioether (sulfide) groups is 1. The Bertz CT molecular complexity index is 870. The van der Waals surface area contributed by atoms with Crippen LogP contribution in [0, 0.1) is 11.3 Å². The molecule has 1 saturated heterocycles. The van der Waals surface area contributed by atoms with Crippen molar-refractivity contribution in [3.8, 4) is 11.8 Å². The van der Waals surface area contributed by atoms with E-state index in [1.807, 2.05) is 36.0 Å². The highest BCUT2D eigenvalue weighted by molar-refractivity contribution is 7.98. The van der Waals surface area contributed by atoms with Gasteiger partial charge in [-0.3, -0.25) is 9.69 Å². The number of hydrogen-bond donors (Lipinski definition) is 0. The second-order valence-electron chi connectivity index (χ2n) is 7.23. The zero-order valence-electron chi connectivity index (χ0n) is 17.2. The van der Waals surface area contributed by atoms with Gasteiger partial charge >= 0.3 is 0 Å². The predicted octanol–water partition coefficient (Wildman–Crippen LogP) is 3.83. The number of morpholine rings is 1. The van der Waals surface area contributed by atoms with E-state index < -0.39 is 0 Å². The first kappa shape index (κ1) is 22.4. The topological polar surface area (TPSA) is 75.7 Å². The van der Waals surface area contributed by atoms with Crippen molar-refractivity contribution in [3.05, 3.63) is 63.7 Å². The number of nitrogens with zero attached hydrogens (tertiary/aromatic N) is 2. The van der Waals surface area contributed by atoms with Gasteiger partial charge in [0.15, 0.2) is 0 Å². The summed E-state index contributed by atoms with van der Waals surface area (Å²) in [6, 6.07) is 11.4. The van der Waals surface area contributed by atoms with Crippen molar-refractivity contribution in [2.45, 2.75) is 31.6 Å². The fraction of sp³-hybridized carbons (Fsp3) is 0.478. The van der Waals surface area contributed by atoms with Crippen molar-refractivity contribution in [2.75, 3.05) is 38.7 Å². The second kappa shape index (κ2) is 12.4. The van der Waals surface area contributed by atoms with Gasteiger partial charge in [0.05, 0.1) is 38.0 Å². The quantitative estimate of drug-likeness (QED) is 0.504. The maximum absolute atomic E-state index is 12.2. The maximum Gasteiger partial charge on any atom is 0.227 e. The summed E-state index contributed by atoms with van der Waals surface area (Å²) in [6.07, 6.45) is 4.51. The summed E-state index contributed by atoms with van der Waals surface area (Å²) in [5, 5.41) is 8.81. The summed E-state index contributed by atoms with van der Waals surface area (Å²) in [7, 11) is 0. The van der Waals surface area contributed by atoms with Gasteiger partial charge in [0.2, 0.25) is 11.2 Å². The van der Waals surface area contributed by atoms with Gasteiger partial charge in [0, 0.05) is 24.9 Å². The standard InChI is InChI=1S/C23H28N2O4S/c24-15-19-4-6-20(7-5-19)18-30-13-3-1-2-10-28-23-17-29-21(14-22(23)26)16-25-8-11-27-12-9-25/h4-7,14,17H,1-3,8-13,16,18H2. The molecule has 30 heavy (non-hydrogen) atoms. The van der Waals surface area contributed by atoms with E-state index in [4.69, 9.17) is 19.2 Å². The fourth-order valence-electron chi connectivity index (χ4n) is 3.14. The van der Waals surface area contributed by atoms with E-state index in [1.165, 1.54) is 17.9 Å². The number of ether oxygens (including phenoxy) is 2. The molecule has 6 nitrogen and oxygen atoms in total. The fourth-order valence-corrected chi connectivity index (χ4v) is 4.12. The molecule has 3 rings (SSSR count). The molecule has 0 bridgehead atoms. The van der Waals surface area contributed by atoms with Crippen molar-refractivity contribution in [1.82, 2.24) is 4.90 Å². The summed E-state index contributed by atoms with van der Waals surface area (Å²) in [4.78, 5) is 14.4. The van der Waals surface area contributed by atoms with Gasteiger partial charge < -0.3 is 13.9 Å². The lowest BCUT2D eigenvalue weighted by Gasteiger charge is -2.25. The average Bonchev–Trinajstić information content (AvgIpc) is 2.78. The Morgan fingerprint density at radius 2 is 1.93 bits per heavy atom. The lowest BCUT2D eigenvalue weighted by molar-refractivity contribution is 0.0310. The third-order valence-electron chi connectivity index (χ3n) is 4.88. The summed E-state index contributed by atoms with van der Waals surface area (Å²) >= 11 is 1.89. The van der Waals surface area contributed by atoms with Gasteiger partial charge in [0.25, 0.3) is 0 Å². The van der Waals surface area contributed by atoms with Crippen molar-refractivity contribution >= 4 is 11.8 Å². The summed E-state index contributed by atoms with van der Waals surface area (Å²) in [6.45, 7) is 4.30. The van der Waals surface area contributed by atoms with Gasteiger partial charge in [-0.2, -0.15) is 17.0 Å². The van der Waals surface area contributed by atoms with E-state index in [2.05, 4.69) is 11.0 Å². The van der Waals surface area contributed by atoms with Gasteiger partial charge in [-0.05, 0) is 42.7 Å². The lowest BCUT2D eigenvalue weighted by atomic mass is 10.2. The first-order valence-corrected chi connectivity index (χ1v) is 11.5. The minimum Gasteiger partial charge on any atom is -0.487 e. The van der Waals surface area contributed by atoms with Crippen LogP contribution in [-0.2, 0) is 17.0 Å². The first-order valence-electron chi connectivity index (χ1n) is 10.4. The number of benzene rings is 1. The largest absolute Gasteiger partial charge is 0.487 e. The molecule has 1 aliphatic heterocycles. The smallest absolute Gasteiger partial charge is 0.227 e.